The molecule has 0 aliphatic rings. The summed E-state index contributed by atoms with van der Waals surface area (Å²) in [7, 11) is 1.46. The van der Waals surface area contributed by atoms with E-state index in [0.29, 0.717) is 34.9 Å². The van der Waals surface area contributed by atoms with E-state index in [4.69, 9.17) is 9.47 Å². The zero-order chi connectivity index (χ0) is 14.5. The predicted octanol–water partition coefficient (Wildman–Crippen LogP) is 3.11. The molecule has 0 bridgehead atoms. The molecule has 0 amide bonds. The van der Waals surface area contributed by atoms with Gasteiger partial charge < -0.3 is 9.47 Å². The molecule has 5 heteroatoms. The average Bonchev–Trinajstić information content (AvgIpc) is 2.48. The molecule has 20 heavy (non-hydrogen) atoms. The molecular formula is C15H14FNO3. The highest BCUT2D eigenvalue weighted by Gasteiger charge is 2.13. The fourth-order valence-electron chi connectivity index (χ4n) is 1.85. The van der Waals surface area contributed by atoms with E-state index in [2.05, 4.69) is 4.98 Å². The maximum Gasteiger partial charge on any atom is 0.213 e. The molecule has 0 saturated carbocycles. The van der Waals surface area contributed by atoms with Gasteiger partial charge in [-0.05, 0) is 19.1 Å². The number of methoxy groups -OCH3 is 1. The molecule has 2 aromatic rings. The van der Waals surface area contributed by atoms with Gasteiger partial charge in [0.15, 0.2) is 0 Å². The van der Waals surface area contributed by atoms with Gasteiger partial charge in [-0.1, -0.05) is 6.07 Å². The van der Waals surface area contributed by atoms with Crippen LogP contribution in [0.1, 0.15) is 17.3 Å². The lowest BCUT2D eigenvalue weighted by Gasteiger charge is -2.12. The molecule has 0 fully saturated rings. The number of aldehydes is 1. The molecule has 1 aromatic heterocycles. The third-order valence-corrected chi connectivity index (χ3v) is 2.77. The van der Waals surface area contributed by atoms with E-state index in [9.17, 15) is 9.18 Å². The Bertz CT molecular complexity index is 629. The first-order chi connectivity index (χ1) is 9.69. The van der Waals surface area contributed by atoms with Crippen LogP contribution >= 0.6 is 0 Å². The number of pyridine rings is 1. The minimum Gasteiger partial charge on any atom is -0.493 e. The van der Waals surface area contributed by atoms with Crippen molar-refractivity contribution in [1.82, 2.24) is 4.98 Å². The van der Waals surface area contributed by atoms with Gasteiger partial charge in [-0.15, -0.1) is 0 Å². The molecule has 0 aliphatic heterocycles. The summed E-state index contributed by atoms with van der Waals surface area (Å²) in [6, 6.07) is 6.33. The largest absolute Gasteiger partial charge is 0.493 e. The third kappa shape index (κ3) is 2.77. The summed E-state index contributed by atoms with van der Waals surface area (Å²) >= 11 is 0. The Balaban J connectivity index is 2.58. The molecule has 0 radical (unpaired) electrons. The molecule has 0 atom stereocenters. The van der Waals surface area contributed by atoms with Gasteiger partial charge >= 0.3 is 0 Å². The molecule has 0 saturated heterocycles. The number of hydrogen-bond donors (Lipinski definition) is 0. The molecule has 1 aromatic carbocycles. The number of nitrogens with zero attached hydrogens (tertiary/aromatic N) is 1. The van der Waals surface area contributed by atoms with Gasteiger partial charge in [-0.2, -0.15) is 0 Å². The first-order valence-electron chi connectivity index (χ1n) is 6.11. The summed E-state index contributed by atoms with van der Waals surface area (Å²) in [6.45, 7) is 2.24. The fraction of sp³-hybridized carbons (Fsp3) is 0.200. The highest BCUT2D eigenvalue weighted by Crippen LogP contribution is 2.33. The molecule has 0 aliphatic carbocycles. The molecular weight excluding hydrogens is 261 g/mol. The van der Waals surface area contributed by atoms with E-state index < -0.39 is 5.82 Å². The van der Waals surface area contributed by atoms with Crippen molar-refractivity contribution in [3.8, 4) is 22.8 Å². The molecule has 104 valence electrons. The van der Waals surface area contributed by atoms with Crippen LogP contribution in [0.3, 0.4) is 0 Å². The second-order valence-electron chi connectivity index (χ2n) is 4.01. The van der Waals surface area contributed by atoms with Crippen molar-refractivity contribution in [3.63, 3.8) is 0 Å². The van der Waals surface area contributed by atoms with E-state index >= 15 is 0 Å². The zero-order valence-electron chi connectivity index (χ0n) is 11.2. The van der Waals surface area contributed by atoms with Crippen LogP contribution in [-0.4, -0.2) is 25.0 Å². The van der Waals surface area contributed by atoms with Crippen molar-refractivity contribution in [2.45, 2.75) is 6.92 Å². The van der Waals surface area contributed by atoms with Crippen LogP contribution < -0.4 is 9.47 Å². The minimum absolute atomic E-state index is 0.309. The Hall–Kier alpha value is -2.43. The number of halogens is 1. The second-order valence-corrected chi connectivity index (χ2v) is 4.01. The van der Waals surface area contributed by atoms with Gasteiger partial charge in [-0.3, -0.25) is 4.79 Å². The molecule has 0 unspecified atom stereocenters. The second kappa shape index (κ2) is 6.14. The number of aromatic nitrogens is 1. The van der Waals surface area contributed by atoms with Crippen LogP contribution in [0.4, 0.5) is 4.39 Å². The van der Waals surface area contributed by atoms with Crippen LogP contribution in [0.5, 0.6) is 11.6 Å². The number of benzene rings is 1. The number of hydrogen-bond acceptors (Lipinski definition) is 4. The van der Waals surface area contributed by atoms with Gasteiger partial charge in [0, 0.05) is 22.8 Å². The van der Waals surface area contributed by atoms with Gasteiger partial charge in [0.25, 0.3) is 0 Å². The van der Waals surface area contributed by atoms with Gasteiger partial charge in [0.05, 0.1) is 19.9 Å². The number of carbonyl (C=O) groups is 1. The summed E-state index contributed by atoms with van der Waals surface area (Å²) in [5.74, 6) is 0.276. The summed E-state index contributed by atoms with van der Waals surface area (Å²) in [4.78, 5) is 14.6. The zero-order valence-corrected chi connectivity index (χ0v) is 11.2. The Morgan fingerprint density at radius 1 is 1.30 bits per heavy atom. The number of ether oxygens (including phenoxy) is 2. The normalized spacial score (nSPS) is 10.2. The van der Waals surface area contributed by atoms with Crippen LogP contribution in [-0.2, 0) is 0 Å². The van der Waals surface area contributed by atoms with E-state index in [-0.39, 0.29) is 0 Å². The summed E-state index contributed by atoms with van der Waals surface area (Å²) in [6.07, 6.45) is 1.81. The SMILES string of the molecule is CCOc1cc(C=O)ccc1-c1cc(OC)ncc1F. The summed E-state index contributed by atoms with van der Waals surface area (Å²) in [5, 5.41) is 0. The van der Waals surface area contributed by atoms with Crippen LogP contribution in [0, 0.1) is 5.82 Å². The molecule has 4 nitrogen and oxygen atoms in total. The first-order valence-corrected chi connectivity index (χ1v) is 6.11. The van der Waals surface area contributed by atoms with E-state index in [1.807, 2.05) is 6.92 Å². The standard InChI is InChI=1S/C15H14FNO3/c1-3-20-14-6-10(9-18)4-5-11(14)12-7-15(19-2)17-8-13(12)16/h4-9H,3H2,1-2H3. The summed E-state index contributed by atoms with van der Waals surface area (Å²) in [5.41, 5.74) is 1.34. The highest BCUT2D eigenvalue weighted by atomic mass is 19.1. The van der Waals surface area contributed by atoms with E-state index in [0.717, 1.165) is 12.5 Å². The number of carbonyl (C=O) groups excluding carboxylic acids is 1. The van der Waals surface area contributed by atoms with E-state index in [1.54, 1.807) is 18.2 Å². The van der Waals surface area contributed by atoms with Gasteiger partial charge in [-0.25, -0.2) is 9.37 Å². The lowest BCUT2D eigenvalue weighted by molar-refractivity contribution is 0.112. The first kappa shape index (κ1) is 14.0. The van der Waals surface area contributed by atoms with Crippen LogP contribution in [0.15, 0.2) is 30.5 Å². The van der Waals surface area contributed by atoms with Crippen molar-refractivity contribution in [1.29, 1.82) is 0 Å². The topological polar surface area (TPSA) is 48.4 Å². The third-order valence-electron chi connectivity index (χ3n) is 2.77. The monoisotopic (exact) mass is 275 g/mol. The number of rotatable bonds is 5. The van der Waals surface area contributed by atoms with Crippen molar-refractivity contribution >= 4 is 6.29 Å². The Labute approximate surface area is 116 Å². The van der Waals surface area contributed by atoms with Crippen molar-refractivity contribution in [3.05, 3.63) is 41.8 Å². The molecule has 0 spiro atoms. The molecule has 0 N–H and O–H groups in total. The van der Waals surface area contributed by atoms with Crippen molar-refractivity contribution in [2.24, 2.45) is 0 Å². The maximum absolute atomic E-state index is 14.0. The van der Waals surface area contributed by atoms with Crippen LogP contribution in [0.25, 0.3) is 11.1 Å². The maximum atomic E-state index is 14.0. The smallest absolute Gasteiger partial charge is 0.213 e. The molecule has 1 heterocycles. The van der Waals surface area contributed by atoms with Crippen LogP contribution in [0.2, 0.25) is 0 Å². The van der Waals surface area contributed by atoms with Crippen molar-refractivity contribution in [2.75, 3.05) is 13.7 Å². The predicted molar refractivity (Wildman–Crippen MR) is 72.7 cm³/mol. The summed E-state index contributed by atoms with van der Waals surface area (Å²) < 4.78 is 24.4. The molecule has 2 rings (SSSR count). The Kier molecular flexibility index (Phi) is 4.30. The van der Waals surface area contributed by atoms with Gasteiger partial charge in [0.2, 0.25) is 5.88 Å². The lowest BCUT2D eigenvalue weighted by atomic mass is 10.0. The van der Waals surface area contributed by atoms with Gasteiger partial charge in [0.1, 0.15) is 17.9 Å². The fourth-order valence-corrected chi connectivity index (χ4v) is 1.85. The van der Waals surface area contributed by atoms with E-state index in [1.165, 1.54) is 13.2 Å². The lowest BCUT2D eigenvalue weighted by Crippen LogP contribution is -1.98. The minimum atomic E-state index is -0.481. The van der Waals surface area contributed by atoms with Crippen molar-refractivity contribution < 1.29 is 18.7 Å². The Morgan fingerprint density at radius 2 is 2.10 bits per heavy atom. The Morgan fingerprint density at radius 3 is 2.75 bits per heavy atom. The average molecular weight is 275 g/mol. The highest BCUT2D eigenvalue weighted by molar-refractivity contribution is 5.80. The quantitative estimate of drug-likeness (QED) is 0.787.